The Morgan fingerprint density at radius 1 is 1.38 bits per heavy atom. The lowest BCUT2D eigenvalue weighted by Gasteiger charge is -2.26. The van der Waals surface area contributed by atoms with Crippen molar-refractivity contribution in [1.29, 1.82) is 0 Å². The van der Waals surface area contributed by atoms with Crippen LogP contribution >= 0.6 is 11.6 Å². The Morgan fingerprint density at radius 3 is 2.67 bits per heavy atom. The summed E-state index contributed by atoms with van der Waals surface area (Å²) in [5, 5.41) is 3.20. The summed E-state index contributed by atoms with van der Waals surface area (Å²) in [7, 11) is 0. The summed E-state index contributed by atoms with van der Waals surface area (Å²) in [4.78, 5) is 12.5. The van der Waals surface area contributed by atoms with E-state index in [4.69, 9.17) is 31.5 Å². The van der Waals surface area contributed by atoms with Gasteiger partial charge in [0.2, 0.25) is 5.91 Å². The number of carbonyl (C=O) groups excluding carboxylic acids is 1. The first-order valence-electron chi connectivity index (χ1n) is 6.74. The highest BCUT2D eigenvalue weighted by Crippen LogP contribution is 2.39. The molecule has 1 fully saturated rings. The lowest BCUT2D eigenvalue weighted by atomic mass is 9.85. The van der Waals surface area contributed by atoms with E-state index in [0.717, 1.165) is 0 Å². The normalized spacial score (nSPS) is 27.5. The van der Waals surface area contributed by atoms with Crippen molar-refractivity contribution in [1.82, 2.24) is 0 Å². The van der Waals surface area contributed by atoms with Crippen LogP contribution in [0.5, 0.6) is 11.5 Å². The summed E-state index contributed by atoms with van der Waals surface area (Å²) in [6.45, 7) is 3.41. The number of benzene rings is 1. The van der Waals surface area contributed by atoms with Crippen LogP contribution in [0.3, 0.4) is 0 Å². The molecule has 3 N–H and O–H groups in total. The molecule has 2 atom stereocenters. The average Bonchev–Trinajstić information content (AvgIpc) is 2.81. The summed E-state index contributed by atoms with van der Waals surface area (Å²) in [6.07, 6.45) is 0. The van der Waals surface area contributed by atoms with Crippen molar-refractivity contribution >= 4 is 23.2 Å². The first-order chi connectivity index (χ1) is 10.0. The second-order valence-electron chi connectivity index (χ2n) is 5.47. The quantitative estimate of drug-likeness (QED) is 0.863. The van der Waals surface area contributed by atoms with Crippen LogP contribution in [-0.4, -0.2) is 38.4 Å². The number of carbonyl (C=O) groups is 1. The second-order valence-corrected chi connectivity index (χ2v) is 5.88. The molecule has 0 radical (unpaired) electrons. The number of nitrogens with one attached hydrogen (secondary N) is 1. The zero-order valence-corrected chi connectivity index (χ0v) is 12.4. The Morgan fingerprint density at radius 2 is 2.05 bits per heavy atom. The first-order valence-corrected chi connectivity index (χ1v) is 7.12. The first kappa shape index (κ1) is 14.4. The van der Waals surface area contributed by atoms with Crippen LogP contribution in [-0.2, 0) is 9.53 Å². The van der Waals surface area contributed by atoms with Gasteiger partial charge in [-0.25, -0.2) is 0 Å². The number of hydrogen-bond acceptors (Lipinski definition) is 5. The minimum absolute atomic E-state index is 0.217. The van der Waals surface area contributed by atoms with Crippen molar-refractivity contribution in [3.63, 3.8) is 0 Å². The van der Waals surface area contributed by atoms with Crippen molar-refractivity contribution in [3.05, 3.63) is 17.2 Å². The summed E-state index contributed by atoms with van der Waals surface area (Å²) < 4.78 is 16.2. The third-order valence-corrected chi connectivity index (χ3v) is 4.23. The highest BCUT2D eigenvalue weighted by molar-refractivity contribution is 6.34. The highest BCUT2D eigenvalue weighted by atomic mass is 35.5. The van der Waals surface area contributed by atoms with Crippen LogP contribution in [0.15, 0.2) is 12.1 Å². The minimum atomic E-state index is -0.767. The number of ether oxygens (including phenoxy) is 3. The molecule has 0 saturated carbocycles. The number of rotatable bonds is 2. The van der Waals surface area contributed by atoms with Crippen LogP contribution in [0, 0.1) is 5.41 Å². The maximum absolute atomic E-state index is 12.5. The van der Waals surface area contributed by atoms with Gasteiger partial charge in [-0.3, -0.25) is 4.79 Å². The van der Waals surface area contributed by atoms with E-state index in [1.807, 2.05) is 0 Å². The van der Waals surface area contributed by atoms with E-state index in [1.54, 1.807) is 19.1 Å². The summed E-state index contributed by atoms with van der Waals surface area (Å²) in [5.41, 5.74) is 5.66. The monoisotopic (exact) mass is 312 g/mol. The lowest BCUT2D eigenvalue weighted by Crippen LogP contribution is -2.47. The van der Waals surface area contributed by atoms with Crippen LogP contribution in [0.4, 0.5) is 5.69 Å². The van der Waals surface area contributed by atoms with Gasteiger partial charge >= 0.3 is 0 Å². The van der Waals surface area contributed by atoms with Crippen molar-refractivity contribution in [2.24, 2.45) is 11.1 Å². The van der Waals surface area contributed by atoms with Crippen LogP contribution in [0.25, 0.3) is 0 Å². The van der Waals surface area contributed by atoms with Crippen LogP contribution in [0.1, 0.15) is 6.92 Å². The van der Waals surface area contributed by atoms with E-state index in [9.17, 15) is 4.79 Å². The van der Waals surface area contributed by atoms with Gasteiger partial charge in [0.1, 0.15) is 13.2 Å². The number of amides is 1. The van der Waals surface area contributed by atoms with Gasteiger partial charge in [-0.1, -0.05) is 11.6 Å². The zero-order chi connectivity index (χ0) is 15.0. The molecule has 7 heteroatoms. The summed E-state index contributed by atoms with van der Waals surface area (Å²) in [6, 6.07) is 2.96. The molecule has 1 amide bonds. The number of halogens is 1. The van der Waals surface area contributed by atoms with E-state index in [-0.39, 0.29) is 11.9 Å². The van der Waals surface area contributed by atoms with Gasteiger partial charge in [-0.05, 0) is 6.92 Å². The minimum Gasteiger partial charge on any atom is -0.486 e. The van der Waals surface area contributed by atoms with E-state index in [1.165, 1.54) is 0 Å². The van der Waals surface area contributed by atoms with Crippen molar-refractivity contribution < 1.29 is 19.0 Å². The molecule has 1 saturated heterocycles. The molecule has 2 heterocycles. The van der Waals surface area contributed by atoms with Gasteiger partial charge in [0.05, 0.1) is 29.3 Å². The standard InChI is InChI=1S/C14H17ClN2O4/c1-14(7-19-6-12(14)16)13(18)17-9-5-11-10(4-8(9)15)20-2-3-21-11/h4-5,12H,2-3,6-7,16H2,1H3,(H,17,18). The van der Waals surface area contributed by atoms with Gasteiger partial charge in [-0.2, -0.15) is 0 Å². The fraction of sp³-hybridized carbons (Fsp3) is 0.500. The SMILES string of the molecule is CC1(C(=O)Nc2cc3c(cc2Cl)OCCO3)COCC1N. The fourth-order valence-electron chi connectivity index (χ4n) is 2.35. The third kappa shape index (κ3) is 2.54. The molecular formula is C14H17ClN2O4. The smallest absolute Gasteiger partial charge is 0.234 e. The summed E-state index contributed by atoms with van der Waals surface area (Å²) >= 11 is 6.18. The third-order valence-electron chi connectivity index (χ3n) is 3.92. The molecule has 1 aromatic rings. The molecule has 2 aliphatic heterocycles. The number of fused-ring (bicyclic) bond motifs is 1. The molecule has 114 valence electrons. The van der Waals surface area contributed by atoms with Gasteiger partial charge in [-0.15, -0.1) is 0 Å². The predicted octanol–water partition coefficient (Wildman–Crippen LogP) is 1.41. The number of nitrogens with two attached hydrogens (primary N) is 1. The van der Waals surface area contributed by atoms with Crippen molar-refractivity contribution in [2.45, 2.75) is 13.0 Å². The maximum Gasteiger partial charge on any atom is 0.234 e. The van der Waals surface area contributed by atoms with E-state index in [2.05, 4.69) is 5.32 Å². The zero-order valence-electron chi connectivity index (χ0n) is 11.6. The second kappa shape index (κ2) is 5.36. The summed E-state index contributed by atoms with van der Waals surface area (Å²) in [5.74, 6) is 0.931. The Kier molecular flexibility index (Phi) is 3.69. The van der Waals surface area contributed by atoms with E-state index >= 15 is 0 Å². The Balaban J connectivity index is 1.83. The molecule has 2 aliphatic rings. The molecule has 0 aliphatic carbocycles. The van der Waals surface area contributed by atoms with E-state index < -0.39 is 5.41 Å². The molecule has 0 aromatic heterocycles. The van der Waals surface area contributed by atoms with Crippen LogP contribution in [0.2, 0.25) is 5.02 Å². The van der Waals surface area contributed by atoms with E-state index in [0.29, 0.717) is 48.6 Å². The van der Waals surface area contributed by atoms with Gasteiger partial charge in [0.15, 0.2) is 11.5 Å². The molecule has 3 rings (SSSR count). The molecule has 0 spiro atoms. The number of anilines is 1. The molecule has 21 heavy (non-hydrogen) atoms. The van der Waals surface area contributed by atoms with Crippen molar-refractivity contribution in [3.8, 4) is 11.5 Å². The maximum atomic E-state index is 12.5. The highest BCUT2D eigenvalue weighted by Gasteiger charge is 2.44. The molecular weight excluding hydrogens is 296 g/mol. The van der Waals surface area contributed by atoms with Gasteiger partial charge in [0.25, 0.3) is 0 Å². The van der Waals surface area contributed by atoms with Gasteiger partial charge < -0.3 is 25.3 Å². The van der Waals surface area contributed by atoms with Crippen molar-refractivity contribution in [2.75, 3.05) is 31.7 Å². The molecule has 0 bridgehead atoms. The number of hydrogen-bond donors (Lipinski definition) is 2. The Bertz CT molecular complexity index is 580. The lowest BCUT2D eigenvalue weighted by molar-refractivity contribution is -0.125. The molecule has 2 unspecified atom stereocenters. The molecule has 1 aromatic carbocycles. The fourth-order valence-corrected chi connectivity index (χ4v) is 2.55. The topological polar surface area (TPSA) is 82.8 Å². The van der Waals surface area contributed by atoms with Crippen LogP contribution < -0.4 is 20.5 Å². The largest absolute Gasteiger partial charge is 0.486 e. The Labute approximate surface area is 127 Å². The predicted molar refractivity (Wildman–Crippen MR) is 78.0 cm³/mol. The molecule has 6 nitrogen and oxygen atoms in total. The van der Waals surface area contributed by atoms with Gasteiger partial charge in [0, 0.05) is 18.2 Å². The average molecular weight is 313 g/mol. The Hall–Kier alpha value is -1.50.